The van der Waals surface area contributed by atoms with E-state index in [1.54, 1.807) is 0 Å². The summed E-state index contributed by atoms with van der Waals surface area (Å²) in [5.41, 5.74) is 5.65. The monoisotopic (exact) mass is 627 g/mol. The second-order valence-electron chi connectivity index (χ2n) is 11.9. The average molecular weight is 628 g/mol. The van der Waals surface area contributed by atoms with Crippen molar-refractivity contribution in [2.75, 3.05) is 0 Å². The Hall–Kier alpha value is -6.46. The topological polar surface area (TPSA) is 52.5 Å². The maximum absolute atomic E-state index is 10.7. The van der Waals surface area contributed by atoms with Crippen LogP contribution in [0.2, 0.25) is 0 Å². The molecule has 0 N–H and O–H groups in total. The summed E-state index contributed by atoms with van der Waals surface area (Å²) in [6.07, 6.45) is 0. The molecular formula is C44H29N3Si. The zero-order valence-electron chi connectivity index (χ0n) is 26.1. The zero-order valence-corrected chi connectivity index (χ0v) is 27.1. The lowest BCUT2D eigenvalue weighted by Crippen LogP contribution is -2.74. The van der Waals surface area contributed by atoms with E-state index in [4.69, 9.17) is 0 Å². The Morgan fingerprint density at radius 3 is 1.29 bits per heavy atom. The molecule has 0 radical (unpaired) electrons. The number of benzene rings is 7. The van der Waals surface area contributed by atoms with Crippen LogP contribution in [0.5, 0.6) is 0 Å². The van der Waals surface area contributed by atoms with E-state index in [1.807, 2.05) is 30.3 Å². The quantitative estimate of drug-likeness (QED) is 0.141. The Bertz CT molecular complexity index is 2370. The molecule has 0 saturated carbocycles. The van der Waals surface area contributed by atoms with Gasteiger partial charge in [0.05, 0.1) is 34.3 Å². The molecule has 0 amide bonds. The highest BCUT2D eigenvalue weighted by molar-refractivity contribution is 7.19. The first-order chi connectivity index (χ1) is 23.7. The van der Waals surface area contributed by atoms with Crippen LogP contribution in [-0.2, 0) is 0 Å². The van der Waals surface area contributed by atoms with E-state index in [1.165, 1.54) is 26.3 Å². The number of para-hydroxylation sites is 2. The minimum Gasteiger partial charge on any atom is -0.309 e. The van der Waals surface area contributed by atoms with Gasteiger partial charge < -0.3 is 4.57 Å². The normalized spacial score (nSPS) is 11.3. The van der Waals surface area contributed by atoms with Crippen molar-refractivity contribution in [3.05, 3.63) is 187 Å². The summed E-state index contributed by atoms with van der Waals surface area (Å²) in [7, 11) is -2.81. The molecule has 224 valence electrons. The predicted molar refractivity (Wildman–Crippen MR) is 199 cm³/mol. The second kappa shape index (κ2) is 12.0. The second-order valence-corrected chi connectivity index (χ2v) is 15.7. The van der Waals surface area contributed by atoms with Crippen molar-refractivity contribution in [1.82, 2.24) is 4.57 Å². The summed E-state index contributed by atoms with van der Waals surface area (Å²) in [6.45, 7) is 0. The minimum atomic E-state index is -2.81. The van der Waals surface area contributed by atoms with Crippen LogP contribution in [0, 0.1) is 22.7 Å². The van der Waals surface area contributed by atoms with E-state index in [0.29, 0.717) is 11.1 Å². The molecule has 0 spiro atoms. The van der Waals surface area contributed by atoms with Gasteiger partial charge in [-0.25, -0.2) is 0 Å². The minimum absolute atomic E-state index is 0.524. The summed E-state index contributed by atoms with van der Waals surface area (Å²) in [6, 6.07) is 66.0. The molecule has 3 nitrogen and oxygen atoms in total. The summed E-state index contributed by atoms with van der Waals surface area (Å²) >= 11 is 0. The third-order valence-corrected chi connectivity index (χ3v) is 14.2. The highest BCUT2D eigenvalue weighted by Gasteiger charge is 2.41. The molecule has 0 bridgehead atoms. The van der Waals surface area contributed by atoms with Gasteiger partial charge in [-0.05, 0) is 51.1 Å². The van der Waals surface area contributed by atoms with E-state index in [0.717, 1.165) is 33.0 Å². The van der Waals surface area contributed by atoms with Gasteiger partial charge >= 0.3 is 0 Å². The Morgan fingerprint density at radius 1 is 0.396 bits per heavy atom. The van der Waals surface area contributed by atoms with E-state index in [9.17, 15) is 10.5 Å². The largest absolute Gasteiger partial charge is 0.309 e. The van der Waals surface area contributed by atoms with Crippen molar-refractivity contribution >= 4 is 50.6 Å². The molecule has 0 aliphatic heterocycles. The lowest BCUT2D eigenvalue weighted by Gasteiger charge is -2.34. The van der Waals surface area contributed by atoms with Gasteiger partial charge in [0.2, 0.25) is 0 Å². The van der Waals surface area contributed by atoms with Crippen LogP contribution >= 0.6 is 0 Å². The number of rotatable bonds is 6. The van der Waals surface area contributed by atoms with Gasteiger partial charge in [0.25, 0.3) is 0 Å². The lowest BCUT2D eigenvalue weighted by atomic mass is 9.96. The van der Waals surface area contributed by atoms with Crippen LogP contribution in [0.4, 0.5) is 0 Å². The van der Waals surface area contributed by atoms with E-state index >= 15 is 0 Å². The maximum Gasteiger partial charge on any atom is 0.179 e. The van der Waals surface area contributed by atoms with Crippen LogP contribution in [0.15, 0.2) is 176 Å². The third kappa shape index (κ3) is 4.55. The highest BCUT2D eigenvalue weighted by Crippen LogP contribution is 2.34. The Labute approximate surface area is 280 Å². The first-order valence-corrected chi connectivity index (χ1v) is 18.0. The Kier molecular flexibility index (Phi) is 7.27. The first-order valence-electron chi connectivity index (χ1n) is 16.0. The molecule has 0 aliphatic carbocycles. The standard InChI is InChI=1S/C44H29N3Si/c45-30-32-28-34(47-43-22-12-10-20-41(43)42-21-11-13-23-44(42)47)24-26-39(32)40-27-25-38(29-33(40)31-46)48(35-14-4-1-5-15-35,36-16-6-2-7-17-36)37-18-8-3-9-19-37/h1-29H. The number of nitriles is 2. The molecule has 8 rings (SSSR count). The zero-order chi connectivity index (χ0) is 32.5. The average Bonchev–Trinajstić information content (AvgIpc) is 3.50. The Balaban J connectivity index is 1.33. The summed E-state index contributed by atoms with van der Waals surface area (Å²) < 4.78 is 2.21. The predicted octanol–water partition coefficient (Wildman–Crippen LogP) is 7.57. The van der Waals surface area contributed by atoms with Crippen LogP contribution in [0.25, 0.3) is 38.6 Å². The van der Waals surface area contributed by atoms with Crippen molar-refractivity contribution in [1.29, 1.82) is 10.5 Å². The highest BCUT2D eigenvalue weighted by atomic mass is 28.3. The van der Waals surface area contributed by atoms with Crippen molar-refractivity contribution in [2.45, 2.75) is 0 Å². The van der Waals surface area contributed by atoms with Gasteiger partial charge in [0.15, 0.2) is 8.07 Å². The van der Waals surface area contributed by atoms with E-state index in [-0.39, 0.29) is 0 Å². The molecule has 0 atom stereocenters. The lowest BCUT2D eigenvalue weighted by molar-refractivity contribution is 1.18. The van der Waals surface area contributed by atoms with Gasteiger partial charge in [-0.2, -0.15) is 10.5 Å². The molecule has 0 fully saturated rings. The van der Waals surface area contributed by atoms with Crippen molar-refractivity contribution < 1.29 is 0 Å². The molecule has 48 heavy (non-hydrogen) atoms. The maximum atomic E-state index is 10.7. The molecule has 7 aromatic carbocycles. The fourth-order valence-electron chi connectivity index (χ4n) is 7.37. The molecule has 8 aromatic rings. The molecular weight excluding hydrogens is 599 g/mol. The van der Waals surface area contributed by atoms with Gasteiger partial charge in [-0.15, -0.1) is 0 Å². The van der Waals surface area contributed by atoms with Crippen LogP contribution in [-0.4, -0.2) is 12.6 Å². The van der Waals surface area contributed by atoms with E-state index < -0.39 is 8.07 Å². The van der Waals surface area contributed by atoms with Gasteiger partial charge in [0.1, 0.15) is 0 Å². The van der Waals surface area contributed by atoms with Gasteiger partial charge in [-0.1, -0.05) is 146 Å². The van der Waals surface area contributed by atoms with Crippen LogP contribution < -0.4 is 20.7 Å². The fourth-order valence-corrected chi connectivity index (χ4v) is 12.1. The van der Waals surface area contributed by atoms with Crippen LogP contribution in [0.3, 0.4) is 0 Å². The number of hydrogen-bond acceptors (Lipinski definition) is 2. The van der Waals surface area contributed by atoms with Gasteiger partial charge in [-0.3, -0.25) is 0 Å². The smallest absolute Gasteiger partial charge is 0.179 e. The molecule has 4 heteroatoms. The van der Waals surface area contributed by atoms with Crippen molar-refractivity contribution in [2.24, 2.45) is 0 Å². The fraction of sp³-hybridized carbons (Fsp3) is 0. The van der Waals surface area contributed by atoms with Crippen molar-refractivity contribution in [3.63, 3.8) is 0 Å². The molecule has 0 saturated heterocycles. The van der Waals surface area contributed by atoms with E-state index in [2.05, 4.69) is 162 Å². The molecule has 1 aromatic heterocycles. The van der Waals surface area contributed by atoms with Crippen molar-refractivity contribution in [3.8, 4) is 29.0 Å². The number of aromatic nitrogens is 1. The third-order valence-electron chi connectivity index (χ3n) is 9.45. The molecule has 0 unspecified atom stereocenters. The molecule has 0 aliphatic rings. The Morgan fingerprint density at radius 2 is 0.812 bits per heavy atom. The SMILES string of the molecule is N#Cc1cc(-n2c3ccccc3c3ccccc32)ccc1-c1ccc([Si](c2ccccc2)(c2ccccc2)c2ccccc2)cc1C#N. The summed E-state index contributed by atoms with van der Waals surface area (Å²) in [5.74, 6) is 0. The molecule has 1 heterocycles. The summed E-state index contributed by atoms with van der Waals surface area (Å²) in [5, 5.41) is 28.3. The summed E-state index contributed by atoms with van der Waals surface area (Å²) in [4.78, 5) is 0. The van der Waals surface area contributed by atoms with Gasteiger partial charge in [0, 0.05) is 27.6 Å². The number of nitrogens with zero attached hydrogens (tertiary/aromatic N) is 3. The number of hydrogen-bond donors (Lipinski definition) is 0. The number of fused-ring (bicyclic) bond motifs is 3. The van der Waals surface area contributed by atoms with Crippen LogP contribution in [0.1, 0.15) is 11.1 Å². The first kappa shape index (κ1) is 29.0.